The van der Waals surface area contributed by atoms with E-state index < -0.39 is 5.97 Å². The number of amides is 1. The van der Waals surface area contributed by atoms with Crippen molar-refractivity contribution in [3.05, 3.63) is 17.2 Å². The molecule has 0 aromatic carbocycles. The summed E-state index contributed by atoms with van der Waals surface area (Å²) >= 11 is 1.22. The molecule has 0 fully saturated rings. The van der Waals surface area contributed by atoms with E-state index in [0.717, 1.165) is 6.08 Å². The van der Waals surface area contributed by atoms with Crippen molar-refractivity contribution in [1.29, 1.82) is 0 Å². The van der Waals surface area contributed by atoms with Crippen LogP contribution in [0.15, 0.2) is 12.3 Å². The van der Waals surface area contributed by atoms with E-state index >= 15 is 0 Å². The molecule has 17 heavy (non-hydrogen) atoms. The molecule has 7 heteroatoms. The number of nitrogens with zero attached hydrogens (tertiary/aromatic N) is 2. The third-order valence-corrected chi connectivity index (χ3v) is 2.50. The average molecular weight is 255 g/mol. The first kappa shape index (κ1) is 13.3. The lowest BCUT2D eigenvalue weighted by molar-refractivity contribution is -0.131. The lowest BCUT2D eigenvalue weighted by Gasteiger charge is -2.07. The summed E-state index contributed by atoms with van der Waals surface area (Å²) in [4.78, 5) is 28.1. The van der Waals surface area contributed by atoms with Crippen LogP contribution in [0.5, 0.6) is 0 Å². The van der Waals surface area contributed by atoms with Crippen LogP contribution in [-0.4, -0.2) is 47.5 Å². The van der Waals surface area contributed by atoms with E-state index in [1.165, 1.54) is 23.6 Å². The van der Waals surface area contributed by atoms with Crippen LogP contribution < -0.4 is 5.32 Å². The summed E-state index contributed by atoms with van der Waals surface area (Å²) in [7, 11) is 3.59. The van der Waals surface area contributed by atoms with Gasteiger partial charge in [0, 0.05) is 17.2 Å². The number of aromatic nitrogens is 1. The second-order valence-corrected chi connectivity index (χ2v) is 4.59. The van der Waals surface area contributed by atoms with Crippen LogP contribution in [0.1, 0.15) is 4.88 Å². The number of anilines is 1. The number of carboxylic acids is 1. The largest absolute Gasteiger partial charge is 0.478 e. The molecule has 1 aromatic heterocycles. The van der Waals surface area contributed by atoms with Gasteiger partial charge in [0.25, 0.3) is 0 Å². The Morgan fingerprint density at radius 1 is 1.59 bits per heavy atom. The standard InChI is InChI=1S/C10H13N3O3S/c1-13(2)6-8(14)12-10-11-5-7(17-10)3-4-9(15)16/h3-5H,6H2,1-2H3,(H,15,16)(H,11,12,14)/b4-3+. The highest BCUT2D eigenvalue weighted by Gasteiger charge is 2.06. The number of nitrogens with one attached hydrogen (secondary N) is 1. The molecule has 1 heterocycles. The van der Waals surface area contributed by atoms with Gasteiger partial charge < -0.3 is 15.3 Å². The summed E-state index contributed by atoms with van der Waals surface area (Å²) in [6.45, 7) is 0.278. The van der Waals surface area contributed by atoms with E-state index in [2.05, 4.69) is 10.3 Å². The van der Waals surface area contributed by atoms with Gasteiger partial charge in [-0.25, -0.2) is 9.78 Å². The van der Waals surface area contributed by atoms with E-state index in [-0.39, 0.29) is 12.5 Å². The number of thiazole rings is 1. The molecule has 0 aliphatic carbocycles. The van der Waals surface area contributed by atoms with Crippen LogP contribution in [0.4, 0.5) is 5.13 Å². The number of hydrogen-bond donors (Lipinski definition) is 2. The van der Waals surface area contributed by atoms with Crippen LogP contribution in [0.25, 0.3) is 6.08 Å². The van der Waals surface area contributed by atoms with Crippen molar-refractivity contribution >= 4 is 34.4 Å². The third-order valence-electron chi connectivity index (χ3n) is 1.62. The molecule has 0 atom stereocenters. The lowest BCUT2D eigenvalue weighted by Crippen LogP contribution is -2.26. The molecular formula is C10H13N3O3S. The molecule has 0 saturated heterocycles. The monoisotopic (exact) mass is 255 g/mol. The van der Waals surface area contributed by atoms with Crippen LogP contribution in [0.2, 0.25) is 0 Å². The van der Waals surface area contributed by atoms with Gasteiger partial charge in [-0.05, 0) is 20.2 Å². The molecular weight excluding hydrogens is 242 g/mol. The minimum Gasteiger partial charge on any atom is -0.478 e. The Labute approximate surface area is 103 Å². The molecule has 1 rings (SSSR count). The Bertz CT molecular complexity index is 440. The first-order chi connectivity index (χ1) is 7.97. The molecule has 0 aliphatic rings. The van der Waals surface area contributed by atoms with Crippen molar-refractivity contribution in [2.24, 2.45) is 0 Å². The molecule has 6 nitrogen and oxygen atoms in total. The van der Waals surface area contributed by atoms with Crippen molar-refractivity contribution in [2.75, 3.05) is 26.0 Å². The first-order valence-electron chi connectivity index (χ1n) is 4.79. The van der Waals surface area contributed by atoms with Gasteiger partial charge in [0.1, 0.15) is 0 Å². The highest BCUT2D eigenvalue weighted by atomic mass is 32.1. The number of aliphatic carboxylic acids is 1. The van der Waals surface area contributed by atoms with Gasteiger partial charge in [-0.3, -0.25) is 4.79 Å². The zero-order valence-electron chi connectivity index (χ0n) is 9.51. The van der Waals surface area contributed by atoms with Crippen LogP contribution in [-0.2, 0) is 9.59 Å². The number of hydrogen-bond acceptors (Lipinski definition) is 5. The molecule has 92 valence electrons. The minimum atomic E-state index is -1.02. The lowest BCUT2D eigenvalue weighted by atomic mass is 10.4. The van der Waals surface area contributed by atoms with Crippen LogP contribution in [0, 0.1) is 0 Å². The normalized spacial score (nSPS) is 11.0. The summed E-state index contributed by atoms with van der Waals surface area (Å²) in [5.41, 5.74) is 0. The van der Waals surface area contributed by atoms with Gasteiger partial charge in [-0.1, -0.05) is 11.3 Å². The van der Waals surface area contributed by atoms with Gasteiger partial charge in [0.2, 0.25) is 5.91 Å². The minimum absolute atomic E-state index is 0.155. The van der Waals surface area contributed by atoms with Crippen molar-refractivity contribution in [3.63, 3.8) is 0 Å². The predicted molar refractivity (Wildman–Crippen MR) is 66.0 cm³/mol. The Hall–Kier alpha value is -1.73. The van der Waals surface area contributed by atoms with Crippen molar-refractivity contribution in [2.45, 2.75) is 0 Å². The molecule has 0 saturated carbocycles. The summed E-state index contributed by atoms with van der Waals surface area (Å²) in [6, 6.07) is 0. The number of carboxylic acid groups (broad SMARTS) is 1. The Morgan fingerprint density at radius 3 is 2.88 bits per heavy atom. The topological polar surface area (TPSA) is 82.5 Å². The van der Waals surface area contributed by atoms with E-state index in [9.17, 15) is 9.59 Å². The van der Waals surface area contributed by atoms with E-state index in [1.807, 2.05) is 0 Å². The first-order valence-corrected chi connectivity index (χ1v) is 5.60. The molecule has 0 unspecified atom stereocenters. The summed E-state index contributed by atoms with van der Waals surface area (Å²) in [5, 5.41) is 11.5. The maximum absolute atomic E-state index is 11.4. The fourth-order valence-corrected chi connectivity index (χ4v) is 1.76. The summed E-state index contributed by atoms with van der Waals surface area (Å²) in [6.07, 6.45) is 3.97. The van der Waals surface area contributed by atoms with Gasteiger partial charge in [0.05, 0.1) is 6.54 Å². The van der Waals surface area contributed by atoms with E-state index in [4.69, 9.17) is 5.11 Å². The third kappa shape index (κ3) is 5.23. The number of carbonyl (C=O) groups excluding carboxylic acids is 1. The summed E-state index contributed by atoms with van der Waals surface area (Å²) < 4.78 is 0. The average Bonchev–Trinajstić information content (AvgIpc) is 2.61. The quantitative estimate of drug-likeness (QED) is 0.758. The molecule has 1 amide bonds. The number of likely N-dealkylation sites (N-methyl/N-ethyl adjacent to an activating group) is 1. The van der Waals surface area contributed by atoms with Gasteiger partial charge in [-0.15, -0.1) is 0 Å². The Balaban J connectivity index is 2.56. The molecule has 0 spiro atoms. The highest BCUT2D eigenvalue weighted by molar-refractivity contribution is 7.16. The highest BCUT2D eigenvalue weighted by Crippen LogP contribution is 2.19. The zero-order chi connectivity index (χ0) is 12.8. The fraction of sp³-hybridized carbons (Fsp3) is 0.300. The van der Waals surface area contributed by atoms with Crippen LogP contribution in [0.3, 0.4) is 0 Å². The second-order valence-electron chi connectivity index (χ2n) is 3.53. The van der Waals surface area contributed by atoms with Crippen LogP contribution >= 0.6 is 11.3 Å². The Kier molecular flexibility index (Phi) is 4.80. The SMILES string of the molecule is CN(C)CC(=O)Nc1ncc(/C=C/C(=O)O)s1. The molecule has 0 radical (unpaired) electrons. The fourth-order valence-electron chi connectivity index (χ4n) is 1.02. The van der Waals surface area contributed by atoms with Gasteiger partial charge in [0.15, 0.2) is 5.13 Å². The van der Waals surface area contributed by atoms with E-state index in [0.29, 0.717) is 10.0 Å². The maximum atomic E-state index is 11.4. The van der Waals surface area contributed by atoms with E-state index in [1.54, 1.807) is 19.0 Å². The van der Waals surface area contributed by atoms with Crippen molar-refractivity contribution in [1.82, 2.24) is 9.88 Å². The second kappa shape index (κ2) is 6.12. The number of carbonyl (C=O) groups is 2. The maximum Gasteiger partial charge on any atom is 0.328 e. The van der Waals surface area contributed by atoms with Gasteiger partial charge >= 0.3 is 5.97 Å². The molecule has 0 aliphatic heterocycles. The smallest absolute Gasteiger partial charge is 0.328 e. The number of rotatable bonds is 5. The van der Waals surface area contributed by atoms with Crippen molar-refractivity contribution < 1.29 is 14.7 Å². The van der Waals surface area contributed by atoms with Crippen molar-refractivity contribution in [3.8, 4) is 0 Å². The predicted octanol–water partition coefficient (Wildman–Crippen LogP) is 0.741. The van der Waals surface area contributed by atoms with Gasteiger partial charge in [-0.2, -0.15) is 0 Å². The summed E-state index contributed by atoms with van der Waals surface area (Å²) in [5.74, 6) is -1.17. The molecule has 1 aromatic rings. The molecule has 2 N–H and O–H groups in total. The zero-order valence-corrected chi connectivity index (χ0v) is 10.3. The molecule has 0 bridgehead atoms. The Morgan fingerprint density at radius 2 is 2.29 bits per heavy atom.